The zero-order chi connectivity index (χ0) is 28.9. The van der Waals surface area contributed by atoms with Crippen LogP contribution >= 0.6 is 11.3 Å². The van der Waals surface area contributed by atoms with Gasteiger partial charge in [-0.15, -0.1) is 11.3 Å². The maximum absolute atomic E-state index is 9.91. The molecular weight excluding hydrogens is 546 g/mol. The number of hydrogen-bond donors (Lipinski definition) is 2. The number of rotatable bonds is 4. The van der Waals surface area contributed by atoms with E-state index in [9.17, 15) is 5.26 Å². The number of anilines is 3. The van der Waals surface area contributed by atoms with Crippen molar-refractivity contribution in [3.63, 3.8) is 0 Å². The minimum absolute atomic E-state index is 0.478. The minimum Gasteiger partial charge on any atom is -0.389 e. The van der Waals surface area contributed by atoms with Crippen LogP contribution in [0.4, 0.5) is 16.5 Å². The number of aromatic nitrogens is 3. The van der Waals surface area contributed by atoms with E-state index in [-0.39, 0.29) is 0 Å². The van der Waals surface area contributed by atoms with Crippen LogP contribution in [-0.2, 0) is 11.8 Å². The molecule has 3 saturated heterocycles. The molecule has 0 bridgehead atoms. The van der Waals surface area contributed by atoms with Gasteiger partial charge in [0.25, 0.3) is 0 Å². The molecule has 0 amide bonds. The summed E-state index contributed by atoms with van der Waals surface area (Å²) in [4.78, 5) is 18.6. The Balaban J connectivity index is 1.21. The SMILES string of the molecule is CN1CCC2(CC1)CCN(c1cc(N3CCNCC3)cc(-c3noc(C4(C)CCCc5sc(N)c(C#N)c54)n3)n1)CC2. The van der Waals surface area contributed by atoms with Crippen molar-refractivity contribution in [1.82, 2.24) is 25.3 Å². The smallest absolute Gasteiger partial charge is 0.237 e. The molecule has 1 spiro atoms. The van der Waals surface area contributed by atoms with Crippen molar-refractivity contribution in [1.29, 1.82) is 5.26 Å². The summed E-state index contributed by atoms with van der Waals surface area (Å²) in [7, 11) is 2.24. The van der Waals surface area contributed by atoms with Crippen molar-refractivity contribution in [2.24, 2.45) is 5.41 Å². The Hall–Kier alpha value is -3.20. The minimum atomic E-state index is -0.549. The quantitative estimate of drug-likeness (QED) is 0.463. The fraction of sp³-hybridized carbons (Fsp3) is 0.613. The van der Waals surface area contributed by atoms with Gasteiger partial charge < -0.3 is 30.3 Å². The van der Waals surface area contributed by atoms with E-state index in [0.717, 1.165) is 86.2 Å². The van der Waals surface area contributed by atoms with Crippen molar-refractivity contribution in [2.45, 2.75) is 57.3 Å². The van der Waals surface area contributed by atoms with Crippen LogP contribution in [0.25, 0.3) is 11.5 Å². The summed E-state index contributed by atoms with van der Waals surface area (Å²) in [5.74, 6) is 2.03. The summed E-state index contributed by atoms with van der Waals surface area (Å²) in [5.41, 5.74) is 9.61. The standard InChI is InChI=1S/C31H41N9OS/c1-30(5-3-4-24-26(30)22(20-32)27(33)42-24)29-36-28(37-41-29)23-18-21(39-16-10-34-11-17-39)19-25(35-23)40-14-8-31(9-15-40)6-12-38(2)13-7-31/h18-19,34H,3-17,33H2,1-2H3. The number of nitrogen functional groups attached to an aromatic ring is 1. The number of nitriles is 1. The van der Waals surface area contributed by atoms with Gasteiger partial charge in [0, 0.05) is 61.5 Å². The van der Waals surface area contributed by atoms with Crippen molar-refractivity contribution >= 4 is 27.8 Å². The molecule has 1 unspecified atom stereocenters. The number of likely N-dealkylation sites (tertiary alicyclic amines) is 1. The van der Waals surface area contributed by atoms with Gasteiger partial charge in [0.15, 0.2) is 0 Å². The number of nitrogens with one attached hydrogen (secondary N) is 1. The molecule has 0 radical (unpaired) electrons. The number of piperazine rings is 1. The van der Waals surface area contributed by atoms with E-state index >= 15 is 0 Å². The third-order valence-electron chi connectivity index (χ3n) is 10.4. The maximum Gasteiger partial charge on any atom is 0.237 e. The first kappa shape index (κ1) is 27.6. The highest BCUT2D eigenvalue weighted by Gasteiger charge is 2.43. The molecule has 4 aliphatic rings. The summed E-state index contributed by atoms with van der Waals surface area (Å²) in [6.07, 6.45) is 7.77. The Labute approximate surface area is 251 Å². The van der Waals surface area contributed by atoms with E-state index in [4.69, 9.17) is 20.2 Å². The average Bonchev–Trinajstić information content (AvgIpc) is 3.65. The van der Waals surface area contributed by atoms with Crippen LogP contribution in [-0.4, -0.2) is 79.4 Å². The molecule has 6 heterocycles. The largest absolute Gasteiger partial charge is 0.389 e. The monoisotopic (exact) mass is 587 g/mol. The van der Waals surface area contributed by atoms with Gasteiger partial charge in [-0.2, -0.15) is 10.2 Å². The van der Waals surface area contributed by atoms with Crippen LogP contribution in [0.2, 0.25) is 0 Å². The second-order valence-electron chi connectivity index (χ2n) is 13.0. The molecule has 3 aromatic heterocycles. The molecule has 0 saturated carbocycles. The second-order valence-corrected chi connectivity index (χ2v) is 14.1. The molecule has 42 heavy (non-hydrogen) atoms. The molecular formula is C31H41N9OS. The van der Waals surface area contributed by atoms with Gasteiger partial charge >= 0.3 is 0 Å². The van der Waals surface area contributed by atoms with Crippen molar-refractivity contribution in [3.8, 4) is 17.6 Å². The number of piperidine rings is 2. The number of nitrogens with two attached hydrogens (primary N) is 1. The number of fused-ring (bicyclic) bond motifs is 1. The molecule has 11 heteroatoms. The summed E-state index contributed by atoms with van der Waals surface area (Å²) in [5, 5.41) is 18.4. The van der Waals surface area contributed by atoms with E-state index in [1.165, 1.54) is 50.1 Å². The van der Waals surface area contributed by atoms with Crippen LogP contribution in [0.1, 0.15) is 67.3 Å². The number of aryl methyl sites for hydroxylation is 1. The van der Waals surface area contributed by atoms with E-state index in [1.54, 1.807) is 0 Å². The number of nitrogens with zero attached hydrogens (tertiary/aromatic N) is 7. The van der Waals surface area contributed by atoms with E-state index < -0.39 is 5.41 Å². The molecule has 3 N–H and O–H groups in total. The molecule has 7 rings (SSSR count). The molecule has 222 valence electrons. The number of pyridine rings is 1. The summed E-state index contributed by atoms with van der Waals surface area (Å²) >= 11 is 1.52. The van der Waals surface area contributed by atoms with E-state index in [0.29, 0.717) is 27.7 Å². The van der Waals surface area contributed by atoms with Crippen molar-refractivity contribution in [2.75, 3.05) is 74.9 Å². The van der Waals surface area contributed by atoms with Gasteiger partial charge in [0.2, 0.25) is 11.7 Å². The first-order valence-electron chi connectivity index (χ1n) is 15.5. The lowest BCUT2D eigenvalue weighted by Gasteiger charge is -2.46. The average molecular weight is 588 g/mol. The van der Waals surface area contributed by atoms with E-state index in [1.807, 2.05) is 0 Å². The molecule has 3 fully saturated rings. The fourth-order valence-corrected chi connectivity index (χ4v) is 8.74. The first-order valence-corrected chi connectivity index (χ1v) is 16.3. The zero-order valence-electron chi connectivity index (χ0n) is 24.8. The number of hydrogen-bond acceptors (Lipinski definition) is 11. The van der Waals surface area contributed by atoms with Crippen LogP contribution in [0.5, 0.6) is 0 Å². The maximum atomic E-state index is 9.91. The van der Waals surface area contributed by atoms with Crippen molar-refractivity contribution in [3.05, 3.63) is 34.0 Å². The topological polar surface area (TPSA) is 123 Å². The third-order valence-corrected chi connectivity index (χ3v) is 11.4. The molecule has 0 aromatic carbocycles. The Kier molecular flexibility index (Phi) is 7.11. The van der Waals surface area contributed by atoms with Crippen LogP contribution in [0, 0.1) is 16.7 Å². The van der Waals surface area contributed by atoms with Gasteiger partial charge in [-0.05, 0) is 83.5 Å². The molecule has 3 aliphatic heterocycles. The Bertz CT molecular complexity index is 1480. The van der Waals surface area contributed by atoms with Crippen molar-refractivity contribution < 1.29 is 4.52 Å². The fourth-order valence-electron chi connectivity index (χ4n) is 7.55. The highest BCUT2D eigenvalue weighted by Crippen LogP contribution is 2.49. The third kappa shape index (κ3) is 4.83. The summed E-state index contributed by atoms with van der Waals surface area (Å²) in [6.45, 7) is 10.4. The predicted octanol–water partition coefficient (Wildman–Crippen LogP) is 4.01. The van der Waals surface area contributed by atoms with Gasteiger partial charge in [0.05, 0.1) is 11.0 Å². The van der Waals surface area contributed by atoms with Gasteiger partial charge in [-0.1, -0.05) is 5.16 Å². The second kappa shape index (κ2) is 10.8. The lowest BCUT2D eigenvalue weighted by Crippen LogP contribution is -2.46. The molecule has 10 nitrogen and oxygen atoms in total. The molecule has 3 aromatic rings. The Morgan fingerprint density at radius 3 is 2.48 bits per heavy atom. The summed E-state index contributed by atoms with van der Waals surface area (Å²) < 4.78 is 5.99. The highest BCUT2D eigenvalue weighted by atomic mass is 32.1. The molecule has 1 atom stereocenters. The van der Waals surface area contributed by atoms with Gasteiger partial charge in [-0.25, -0.2) is 4.98 Å². The van der Waals surface area contributed by atoms with Crippen LogP contribution < -0.4 is 20.9 Å². The lowest BCUT2D eigenvalue weighted by atomic mass is 9.71. The van der Waals surface area contributed by atoms with E-state index in [2.05, 4.69) is 57.3 Å². The Morgan fingerprint density at radius 1 is 1.00 bits per heavy atom. The van der Waals surface area contributed by atoms with Crippen LogP contribution in [0.15, 0.2) is 16.7 Å². The summed E-state index contributed by atoms with van der Waals surface area (Å²) in [6, 6.07) is 6.71. The predicted molar refractivity (Wildman–Crippen MR) is 166 cm³/mol. The van der Waals surface area contributed by atoms with Gasteiger partial charge in [0.1, 0.15) is 22.6 Å². The van der Waals surface area contributed by atoms with Crippen LogP contribution in [0.3, 0.4) is 0 Å². The van der Waals surface area contributed by atoms with Gasteiger partial charge in [-0.3, -0.25) is 0 Å². The zero-order valence-corrected chi connectivity index (χ0v) is 25.6. The normalized spacial score (nSPS) is 24.5. The highest BCUT2D eigenvalue weighted by molar-refractivity contribution is 7.16. The Morgan fingerprint density at radius 2 is 1.74 bits per heavy atom. The number of thiophene rings is 1. The first-order chi connectivity index (χ1) is 20.4. The lowest BCUT2D eigenvalue weighted by molar-refractivity contribution is 0.0943. The molecule has 1 aliphatic carbocycles.